The molecule has 2 N–H and O–H groups in total. The normalized spacial score (nSPS) is 15.8. The molecule has 1 aromatic heterocycles. The van der Waals surface area contributed by atoms with Crippen LogP contribution >= 0.6 is 0 Å². The molecular weight excluding hydrogens is 456 g/mol. The van der Waals surface area contributed by atoms with E-state index in [4.69, 9.17) is 14.6 Å². The summed E-state index contributed by atoms with van der Waals surface area (Å²) in [6.07, 6.45) is 1.80. The molecule has 2 aromatic carbocycles. The van der Waals surface area contributed by atoms with Gasteiger partial charge >= 0.3 is 0 Å². The number of aromatic nitrogens is 1. The van der Waals surface area contributed by atoms with E-state index >= 15 is 0 Å². The Bertz CT molecular complexity index is 1340. The number of ketones is 1. The van der Waals surface area contributed by atoms with E-state index in [1.807, 2.05) is 36.4 Å². The lowest BCUT2D eigenvalue weighted by atomic mass is 9.88. The molecule has 0 spiro atoms. The van der Waals surface area contributed by atoms with Crippen molar-refractivity contribution in [3.8, 4) is 22.8 Å². The van der Waals surface area contributed by atoms with Crippen LogP contribution in [-0.4, -0.2) is 44.2 Å². The highest BCUT2D eigenvalue weighted by Crippen LogP contribution is 2.51. The van der Waals surface area contributed by atoms with Crippen LogP contribution in [0, 0.1) is 0 Å². The smallest absolute Gasteiger partial charge is 0.240 e. The number of aliphatic hydroxyl groups excluding tert-OH is 1. The number of nitrogens with one attached hydrogen (secondary N) is 1. The first-order valence-corrected chi connectivity index (χ1v) is 12.5. The quantitative estimate of drug-likeness (QED) is 0.482. The third kappa shape index (κ3) is 4.29. The highest BCUT2D eigenvalue weighted by Gasteiger charge is 2.51. The second kappa shape index (κ2) is 8.83. The summed E-state index contributed by atoms with van der Waals surface area (Å²) in [5.41, 5.74) is 2.51. The molecule has 178 valence electrons. The average molecular weight is 483 g/mol. The van der Waals surface area contributed by atoms with E-state index in [1.54, 1.807) is 12.1 Å². The van der Waals surface area contributed by atoms with Crippen LogP contribution in [0.1, 0.15) is 25.5 Å². The lowest BCUT2D eigenvalue weighted by Gasteiger charge is -2.15. The van der Waals surface area contributed by atoms with Gasteiger partial charge in [-0.15, -0.1) is 0 Å². The maximum atomic E-state index is 13.3. The lowest BCUT2D eigenvalue weighted by molar-refractivity contribution is -0.120. The van der Waals surface area contributed by atoms with Crippen LogP contribution in [0.2, 0.25) is 0 Å². The van der Waals surface area contributed by atoms with Crippen molar-refractivity contribution in [2.45, 2.75) is 29.6 Å². The van der Waals surface area contributed by atoms with Gasteiger partial charge in [0, 0.05) is 25.6 Å². The summed E-state index contributed by atoms with van der Waals surface area (Å²) in [6.45, 7) is -0.124. The maximum Gasteiger partial charge on any atom is 0.240 e. The molecule has 8 nitrogen and oxygen atoms in total. The number of aliphatic hydroxyl groups is 1. The highest BCUT2D eigenvalue weighted by atomic mass is 32.2. The first-order valence-electron chi connectivity index (χ1n) is 11.0. The lowest BCUT2D eigenvalue weighted by Crippen LogP contribution is -2.26. The fraction of sp³-hybridized carbons (Fsp3) is 0.280. The molecule has 2 heterocycles. The first kappa shape index (κ1) is 22.5. The number of pyridine rings is 1. The number of benzene rings is 2. The zero-order valence-corrected chi connectivity index (χ0v) is 19.2. The summed E-state index contributed by atoms with van der Waals surface area (Å²) in [4.78, 5) is 18.0. The number of hydrogen-bond donors (Lipinski definition) is 2. The molecule has 1 saturated carbocycles. The molecule has 1 aliphatic carbocycles. The van der Waals surface area contributed by atoms with E-state index in [0.29, 0.717) is 22.9 Å². The van der Waals surface area contributed by atoms with Gasteiger partial charge in [-0.2, -0.15) is 0 Å². The molecule has 0 amide bonds. The number of ether oxygens (including phenoxy) is 2. The summed E-state index contributed by atoms with van der Waals surface area (Å²) < 4.78 is 37.6. The number of Topliss-reactive ketones (excluding diaryl/α,β-unsaturated/α-hetero) is 1. The van der Waals surface area contributed by atoms with Gasteiger partial charge in [0.25, 0.3) is 0 Å². The number of sulfonamides is 1. The largest absolute Gasteiger partial charge is 0.454 e. The summed E-state index contributed by atoms with van der Waals surface area (Å²) in [5, 5.41) is 8.84. The van der Waals surface area contributed by atoms with E-state index in [1.165, 1.54) is 12.1 Å². The number of carbonyl (C=O) groups excluding carboxylic acids is 1. The number of carbonyl (C=O) groups is 1. The van der Waals surface area contributed by atoms with Crippen LogP contribution in [0.3, 0.4) is 0 Å². The molecule has 34 heavy (non-hydrogen) atoms. The van der Waals surface area contributed by atoms with Crippen LogP contribution in [0.15, 0.2) is 65.6 Å². The van der Waals surface area contributed by atoms with Gasteiger partial charge < -0.3 is 14.6 Å². The van der Waals surface area contributed by atoms with Crippen molar-refractivity contribution in [1.82, 2.24) is 9.71 Å². The van der Waals surface area contributed by atoms with Crippen LogP contribution in [-0.2, 0) is 26.7 Å². The van der Waals surface area contributed by atoms with E-state index < -0.39 is 15.4 Å². The SMILES string of the molecule is O=C(Cc1cccc(-c2ccc(S(=O)(=O)NCCO)cc2)n1)C1(c2ccc3c(c2)OCO3)CC1.[HH]. The molecule has 3 aromatic rings. The standard InChI is InChI=1S/C25H24N2O6S.H2/c28-13-12-26-34(30,31)20-7-4-17(5-8-20)21-3-1-2-19(27-21)15-24(29)25(10-11-25)18-6-9-22-23(14-18)33-16-32-22;/h1-9,14,26,28H,10-13,15-16H2;1H. The predicted octanol–water partition coefficient (Wildman–Crippen LogP) is 2.84. The Kier molecular flexibility index (Phi) is 5.85. The molecule has 1 aliphatic heterocycles. The van der Waals surface area contributed by atoms with Gasteiger partial charge in [-0.3, -0.25) is 9.78 Å². The Morgan fingerprint density at radius 3 is 2.56 bits per heavy atom. The van der Waals surface area contributed by atoms with E-state index in [9.17, 15) is 13.2 Å². The minimum absolute atomic E-state index is 0. The zero-order chi connectivity index (χ0) is 23.8. The van der Waals surface area contributed by atoms with Crippen LogP contribution in [0.4, 0.5) is 0 Å². The molecular formula is C25H26N2O6S. The molecule has 0 radical (unpaired) electrons. The Morgan fingerprint density at radius 1 is 1.06 bits per heavy atom. The summed E-state index contributed by atoms with van der Waals surface area (Å²) in [7, 11) is -3.68. The number of fused-ring (bicyclic) bond motifs is 1. The Morgan fingerprint density at radius 2 is 1.82 bits per heavy atom. The van der Waals surface area contributed by atoms with Crippen LogP contribution in [0.25, 0.3) is 11.3 Å². The molecule has 1 fully saturated rings. The minimum atomic E-state index is -3.68. The molecule has 2 aliphatic rings. The van der Waals surface area contributed by atoms with Crippen molar-refractivity contribution in [1.29, 1.82) is 0 Å². The maximum absolute atomic E-state index is 13.3. The van der Waals surface area contributed by atoms with Gasteiger partial charge in [0.1, 0.15) is 5.78 Å². The molecule has 0 saturated heterocycles. The highest BCUT2D eigenvalue weighted by molar-refractivity contribution is 7.89. The van der Waals surface area contributed by atoms with Crippen LogP contribution in [0.5, 0.6) is 11.5 Å². The van der Waals surface area contributed by atoms with Gasteiger partial charge in [0.05, 0.1) is 22.6 Å². The molecule has 5 rings (SSSR count). The first-order chi connectivity index (χ1) is 16.4. The monoisotopic (exact) mass is 482 g/mol. The average Bonchev–Trinajstić information content (AvgIpc) is 3.54. The molecule has 9 heteroatoms. The Labute approximate surface area is 199 Å². The van der Waals surface area contributed by atoms with Crippen molar-refractivity contribution in [3.63, 3.8) is 0 Å². The summed E-state index contributed by atoms with van der Waals surface area (Å²) in [6, 6.07) is 17.5. The van der Waals surface area contributed by atoms with Gasteiger partial charge in [-0.25, -0.2) is 13.1 Å². The van der Waals surface area contributed by atoms with E-state index in [2.05, 4.69) is 9.71 Å². The Balaban J connectivity index is 0.00000289. The molecule has 0 atom stereocenters. The molecule has 0 unspecified atom stereocenters. The van der Waals surface area contributed by atoms with Gasteiger partial charge in [-0.05, 0) is 54.8 Å². The second-order valence-corrected chi connectivity index (χ2v) is 10.2. The molecule has 0 bridgehead atoms. The zero-order valence-electron chi connectivity index (χ0n) is 18.4. The van der Waals surface area contributed by atoms with Crippen molar-refractivity contribution in [3.05, 3.63) is 71.9 Å². The predicted molar refractivity (Wildman–Crippen MR) is 126 cm³/mol. The van der Waals surface area contributed by atoms with Gasteiger partial charge in [0.15, 0.2) is 11.5 Å². The van der Waals surface area contributed by atoms with Gasteiger partial charge in [0.2, 0.25) is 16.8 Å². The third-order valence-electron chi connectivity index (χ3n) is 6.22. The van der Waals surface area contributed by atoms with E-state index in [-0.39, 0.29) is 38.5 Å². The Hall–Kier alpha value is -3.27. The summed E-state index contributed by atoms with van der Waals surface area (Å²) in [5.74, 6) is 1.49. The van der Waals surface area contributed by atoms with Gasteiger partial charge in [-0.1, -0.05) is 24.3 Å². The van der Waals surface area contributed by atoms with Crippen LogP contribution < -0.4 is 14.2 Å². The van der Waals surface area contributed by atoms with Crippen molar-refractivity contribution >= 4 is 15.8 Å². The van der Waals surface area contributed by atoms with Crippen molar-refractivity contribution < 1.29 is 29.2 Å². The van der Waals surface area contributed by atoms with Crippen molar-refractivity contribution in [2.75, 3.05) is 19.9 Å². The van der Waals surface area contributed by atoms with Crippen molar-refractivity contribution in [2.24, 2.45) is 0 Å². The minimum Gasteiger partial charge on any atom is -0.454 e. The number of nitrogens with zero attached hydrogens (tertiary/aromatic N) is 1. The fourth-order valence-electron chi connectivity index (χ4n) is 4.19. The fourth-order valence-corrected chi connectivity index (χ4v) is 5.21. The number of rotatable bonds is 9. The number of hydrogen-bond acceptors (Lipinski definition) is 7. The van der Waals surface area contributed by atoms with E-state index in [0.717, 1.165) is 24.0 Å². The topological polar surface area (TPSA) is 115 Å². The summed E-state index contributed by atoms with van der Waals surface area (Å²) >= 11 is 0. The third-order valence-corrected chi connectivity index (χ3v) is 7.70. The second-order valence-electron chi connectivity index (χ2n) is 8.41.